The number of amides is 1. The third kappa shape index (κ3) is 7.35. The molecule has 0 radical (unpaired) electrons. The molecule has 2 unspecified atom stereocenters. The summed E-state index contributed by atoms with van der Waals surface area (Å²) in [4.78, 5) is 28.6. The highest BCUT2D eigenvalue weighted by Crippen LogP contribution is 2.36. The van der Waals surface area contributed by atoms with Gasteiger partial charge in [-0.25, -0.2) is 4.79 Å². The largest absolute Gasteiger partial charge is 0.489 e. The quantitative estimate of drug-likeness (QED) is 0.170. The van der Waals surface area contributed by atoms with E-state index in [2.05, 4.69) is 16.4 Å². The fourth-order valence-corrected chi connectivity index (χ4v) is 5.91. The van der Waals surface area contributed by atoms with Crippen molar-refractivity contribution in [2.24, 2.45) is 11.7 Å². The Bertz CT molecular complexity index is 1440. The number of hydrogen-bond acceptors (Lipinski definition) is 4. The number of hydrogen-bond donors (Lipinski definition) is 4. The van der Waals surface area contributed by atoms with Crippen LogP contribution in [0.25, 0.3) is 10.9 Å². The molecule has 1 heterocycles. The van der Waals surface area contributed by atoms with Gasteiger partial charge in [-0.2, -0.15) is 0 Å². The molecule has 41 heavy (non-hydrogen) atoms. The number of fused-ring (bicyclic) bond motifs is 1. The van der Waals surface area contributed by atoms with E-state index in [4.69, 9.17) is 10.5 Å². The number of ether oxygens (including phenoxy) is 1. The molecule has 3 aromatic carbocycles. The Labute approximate surface area is 241 Å². The molecule has 0 aliphatic heterocycles. The van der Waals surface area contributed by atoms with Gasteiger partial charge in [0.1, 0.15) is 18.4 Å². The molecule has 0 saturated heterocycles. The summed E-state index contributed by atoms with van der Waals surface area (Å²) in [5.74, 6) is -0.220. The van der Waals surface area contributed by atoms with E-state index in [-0.39, 0.29) is 24.8 Å². The summed E-state index contributed by atoms with van der Waals surface area (Å²) in [6.45, 7) is 0.456. The summed E-state index contributed by atoms with van der Waals surface area (Å²) >= 11 is 0. The van der Waals surface area contributed by atoms with Crippen LogP contribution in [0.2, 0.25) is 0 Å². The van der Waals surface area contributed by atoms with Crippen molar-refractivity contribution in [3.63, 3.8) is 0 Å². The van der Waals surface area contributed by atoms with Gasteiger partial charge in [0.15, 0.2) is 0 Å². The van der Waals surface area contributed by atoms with Crippen LogP contribution in [-0.4, -0.2) is 28.0 Å². The summed E-state index contributed by atoms with van der Waals surface area (Å²) in [7, 11) is 0. The first kappa shape index (κ1) is 28.4. The smallest absolute Gasteiger partial charge is 0.326 e. The molecule has 7 nitrogen and oxygen atoms in total. The molecule has 1 aliphatic rings. The lowest BCUT2D eigenvalue weighted by Gasteiger charge is -2.27. The second kappa shape index (κ2) is 13.5. The lowest BCUT2D eigenvalue weighted by Crippen LogP contribution is -2.42. The van der Waals surface area contributed by atoms with E-state index in [1.165, 1.54) is 19.3 Å². The van der Waals surface area contributed by atoms with E-state index in [1.54, 1.807) is 0 Å². The molecule has 7 heteroatoms. The first-order valence-corrected chi connectivity index (χ1v) is 14.6. The molecule has 4 aromatic rings. The number of para-hydroxylation sites is 1. The Balaban J connectivity index is 1.20. The van der Waals surface area contributed by atoms with Gasteiger partial charge in [0.05, 0.1) is 0 Å². The molecule has 5 rings (SSSR count). The number of benzene rings is 3. The van der Waals surface area contributed by atoms with E-state index >= 15 is 0 Å². The van der Waals surface area contributed by atoms with Crippen LogP contribution in [0.3, 0.4) is 0 Å². The van der Waals surface area contributed by atoms with Crippen LogP contribution in [0.5, 0.6) is 5.75 Å². The van der Waals surface area contributed by atoms with Crippen LogP contribution in [0, 0.1) is 5.92 Å². The summed E-state index contributed by atoms with van der Waals surface area (Å²) in [5, 5.41) is 13.7. The van der Waals surface area contributed by atoms with Crippen molar-refractivity contribution in [1.29, 1.82) is 0 Å². The van der Waals surface area contributed by atoms with E-state index < -0.39 is 12.0 Å². The number of nitrogens with two attached hydrogens (primary N) is 1. The first-order valence-electron chi connectivity index (χ1n) is 14.6. The number of carboxylic acids is 1. The minimum atomic E-state index is -1.06. The Morgan fingerprint density at radius 2 is 1.63 bits per heavy atom. The molecule has 0 bridgehead atoms. The van der Waals surface area contributed by atoms with Crippen molar-refractivity contribution >= 4 is 22.8 Å². The molecule has 2 atom stereocenters. The van der Waals surface area contributed by atoms with Crippen LogP contribution < -0.4 is 15.8 Å². The van der Waals surface area contributed by atoms with E-state index in [0.29, 0.717) is 24.7 Å². The monoisotopic (exact) mass is 553 g/mol. The zero-order valence-corrected chi connectivity index (χ0v) is 23.4. The number of aryl methyl sites for hydroxylation is 1. The maximum Gasteiger partial charge on any atom is 0.326 e. The van der Waals surface area contributed by atoms with Gasteiger partial charge in [-0.1, -0.05) is 79.9 Å². The number of H-pyrrole nitrogens is 1. The summed E-state index contributed by atoms with van der Waals surface area (Å²) in [5.41, 5.74) is 11.8. The standard InChI is InChI=1S/C34H39N3O4/c35-32(25-11-5-2-6-12-25)33-28(27-13-7-8-14-29(27)37-33)19-20-31(38)36-30(34(39)40)21-23-15-17-26(18-16-23)41-22-24-9-3-1-4-10-24/h1,3-4,7-10,13-18,25,30,32,37H,2,5-6,11-12,19-22,35H2,(H,36,38)(H,39,40). The molecular weight excluding hydrogens is 514 g/mol. The fraction of sp³-hybridized carbons (Fsp3) is 0.353. The SMILES string of the molecule is NC(c1[nH]c2ccccc2c1CCC(=O)NC(Cc1ccc(OCc2ccccc2)cc1)C(=O)O)C1CCCCC1. The Morgan fingerprint density at radius 3 is 2.37 bits per heavy atom. The summed E-state index contributed by atoms with van der Waals surface area (Å²) < 4.78 is 5.83. The molecule has 5 N–H and O–H groups in total. The number of rotatable bonds is 12. The Morgan fingerprint density at radius 1 is 0.927 bits per heavy atom. The molecule has 0 spiro atoms. The minimum Gasteiger partial charge on any atom is -0.489 e. The Hall–Kier alpha value is -4.10. The zero-order valence-electron chi connectivity index (χ0n) is 23.4. The number of aliphatic carboxylic acids is 1. The number of carboxylic acid groups (broad SMARTS) is 1. The normalized spacial score (nSPS) is 15.3. The lowest BCUT2D eigenvalue weighted by atomic mass is 9.82. The predicted molar refractivity (Wildman–Crippen MR) is 161 cm³/mol. The van der Waals surface area contributed by atoms with Gasteiger partial charge in [0.2, 0.25) is 5.91 Å². The molecule has 214 valence electrons. The van der Waals surface area contributed by atoms with Crippen molar-refractivity contribution in [1.82, 2.24) is 10.3 Å². The van der Waals surface area contributed by atoms with Crippen LogP contribution in [-0.2, 0) is 29.0 Å². The average molecular weight is 554 g/mol. The third-order valence-corrected chi connectivity index (χ3v) is 8.18. The van der Waals surface area contributed by atoms with Crippen LogP contribution >= 0.6 is 0 Å². The van der Waals surface area contributed by atoms with Gasteiger partial charge >= 0.3 is 5.97 Å². The number of aromatic amines is 1. The van der Waals surface area contributed by atoms with E-state index in [9.17, 15) is 14.7 Å². The average Bonchev–Trinajstić information content (AvgIpc) is 3.38. The highest BCUT2D eigenvalue weighted by Gasteiger charge is 2.27. The predicted octanol–water partition coefficient (Wildman–Crippen LogP) is 6.07. The van der Waals surface area contributed by atoms with Crippen molar-refractivity contribution in [2.75, 3.05) is 0 Å². The van der Waals surface area contributed by atoms with Gasteiger partial charge in [-0.05, 0) is 60.1 Å². The highest BCUT2D eigenvalue weighted by atomic mass is 16.5. The van der Waals surface area contributed by atoms with Gasteiger partial charge < -0.3 is 25.9 Å². The van der Waals surface area contributed by atoms with Crippen LogP contribution in [0.1, 0.15) is 67.0 Å². The van der Waals surface area contributed by atoms with Crippen molar-refractivity contribution < 1.29 is 19.4 Å². The van der Waals surface area contributed by atoms with Gasteiger partial charge in [0, 0.05) is 35.5 Å². The zero-order chi connectivity index (χ0) is 28.6. The number of carbonyl (C=O) groups is 2. The summed E-state index contributed by atoms with van der Waals surface area (Å²) in [6, 6.07) is 24.2. The van der Waals surface area contributed by atoms with Gasteiger partial charge in [-0.3, -0.25) is 4.79 Å². The lowest BCUT2D eigenvalue weighted by molar-refractivity contribution is -0.141. The second-order valence-electron chi connectivity index (χ2n) is 11.1. The molecule has 1 aliphatic carbocycles. The first-order chi connectivity index (χ1) is 20.0. The summed E-state index contributed by atoms with van der Waals surface area (Å²) in [6.07, 6.45) is 6.78. The topological polar surface area (TPSA) is 117 Å². The van der Waals surface area contributed by atoms with Crippen molar-refractivity contribution in [3.05, 3.63) is 101 Å². The molecule has 1 amide bonds. The molecule has 1 fully saturated rings. The van der Waals surface area contributed by atoms with Gasteiger partial charge in [0.25, 0.3) is 0 Å². The maximum atomic E-state index is 13.0. The molecule has 1 aromatic heterocycles. The highest BCUT2D eigenvalue weighted by molar-refractivity contribution is 5.87. The Kier molecular flexibility index (Phi) is 9.36. The second-order valence-corrected chi connectivity index (χ2v) is 11.1. The van der Waals surface area contributed by atoms with Gasteiger partial charge in [-0.15, -0.1) is 0 Å². The van der Waals surface area contributed by atoms with Crippen LogP contribution in [0.15, 0.2) is 78.9 Å². The van der Waals surface area contributed by atoms with E-state index in [1.807, 2.05) is 72.8 Å². The number of carbonyl (C=O) groups excluding carboxylic acids is 1. The molecule has 1 saturated carbocycles. The van der Waals surface area contributed by atoms with Crippen molar-refractivity contribution in [2.45, 2.75) is 70.1 Å². The molecular formula is C34H39N3O4. The van der Waals surface area contributed by atoms with E-state index in [0.717, 1.165) is 46.1 Å². The van der Waals surface area contributed by atoms with Crippen molar-refractivity contribution in [3.8, 4) is 5.75 Å². The maximum absolute atomic E-state index is 13.0. The minimum absolute atomic E-state index is 0.104. The number of aromatic nitrogens is 1. The number of nitrogens with one attached hydrogen (secondary N) is 2. The van der Waals surface area contributed by atoms with Crippen LogP contribution in [0.4, 0.5) is 0 Å². The fourth-order valence-electron chi connectivity index (χ4n) is 5.91. The third-order valence-electron chi connectivity index (χ3n) is 8.18.